The molecule has 0 saturated heterocycles. The Hall–Kier alpha value is -1.02. The molecule has 2 aromatic carbocycles. The molecule has 0 N–H and O–H groups in total. The van der Waals surface area contributed by atoms with Crippen molar-refractivity contribution in [3.63, 3.8) is 0 Å². The minimum Gasteiger partial charge on any atom is -0.496 e. The van der Waals surface area contributed by atoms with Crippen LogP contribution in [-0.2, 0) is 0 Å². The van der Waals surface area contributed by atoms with Crippen LogP contribution < -0.4 is 4.74 Å². The average molecular weight is 453 g/mol. The van der Waals surface area contributed by atoms with E-state index in [-0.39, 0.29) is 15.8 Å². The van der Waals surface area contributed by atoms with Crippen LogP contribution in [0.2, 0.25) is 0 Å². The Balaban J connectivity index is 2.60. The summed E-state index contributed by atoms with van der Waals surface area (Å²) in [5, 5.41) is 0. The second-order valence-electron chi connectivity index (χ2n) is 3.92. The van der Waals surface area contributed by atoms with E-state index in [0.717, 1.165) is 15.7 Å². The first-order valence-corrected chi connectivity index (χ1v) is 7.34. The topological polar surface area (TPSA) is 26.3 Å². The monoisotopic (exact) mass is 452 g/mol. The average Bonchev–Trinajstić information content (AvgIpc) is 2.37. The number of hydrogen-bond donors (Lipinski definition) is 0. The van der Waals surface area contributed by atoms with Gasteiger partial charge in [-0.2, -0.15) is 0 Å². The van der Waals surface area contributed by atoms with Crippen LogP contribution in [0.25, 0.3) is 0 Å². The second kappa shape index (κ2) is 6.17. The third-order valence-corrected chi connectivity index (χ3v) is 3.77. The van der Waals surface area contributed by atoms with Gasteiger partial charge in [0.25, 0.3) is 0 Å². The predicted octanol–water partition coefficient (Wildman–Crippen LogP) is 4.57. The molecule has 2 nitrogen and oxygen atoms in total. The van der Waals surface area contributed by atoms with Crippen molar-refractivity contribution in [2.45, 2.75) is 0 Å². The van der Waals surface area contributed by atoms with Crippen LogP contribution in [0.5, 0.6) is 5.75 Å². The number of rotatable bonds is 3. The van der Waals surface area contributed by atoms with E-state index in [1.165, 1.54) is 13.2 Å². The van der Waals surface area contributed by atoms with Crippen LogP contribution in [0.4, 0.5) is 8.78 Å². The van der Waals surface area contributed by atoms with Gasteiger partial charge in [-0.1, -0.05) is 15.9 Å². The third-order valence-electron chi connectivity index (χ3n) is 2.64. The molecule has 0 amide bonds. The van der Waals surface area contributed by atoms with Gasteiger partial charge in [-0.05, 0) is 52.9 Å². The number of methoxy groups -OCH3 is 1. The summed E-state index contributed by atoms with van der Waals surface area (Å²) >= 11 is 4.99. The van der Waals surface area contributed by atoms with Gasteiger partial charge in [0.15, 0.2) is 0 Å². The molecule has 0 aliphatic heterocycles. The number of ether oxygens (including phenoxy) is 1. The first kappa shape index (κ1) is 15.4. The van der Waals surface area contributed by atoms with Gasteiger partial charge in [0.1, 0.15) is 17.4 Å². The van der Waals surface area contributed by atoms with Crippen molar-refractivity contribution in [2.24, 2.45) is 0 Å². The molecule has 0 fully saturated rings. The number of ketones is 1. The van der Waals surface area contributed by atoms with Crippen LogP contribution in [0, 0.1) is 15.2 Å². The maximum Gasteiger partial charge on any atom is 0.202 e. The first-order chi connectivity index (χ1) is 9.43. The Morgan fingerprint density at radius 1 is 1.20 bits per heavy atom. The largest absolute Gasteiger partial charge is 0.496 e. The third kappa shape index (κ3) is 3.01. The zero-order valence-corrected chi connectivity index (χ0v) is 14.0. The smallest absolute Gasteiger partial charge is 0.202 e. The molecule has 0 aliphatic carbocycles. The van der Waals surface area contributed by atoms with E-state index in [1.54, 1.807) is 12.1 Å². The van der Waals surface area contributed by atoms with Gasteiger partial charge < -0.3 is 4.74 Å². The summed E-state index contributed by atoms with van der Waals surface area (Å²) in [7, 11) is 1.40. The highest BCUT2D eigenvalue weighted by Gasteiger charge is 2.22. The van der Waals surface area contributed by atoms with E-state index in [0.29, 0.717) is 0 Å². The molecule has 0 saturated carbocycles. The number of benzene rings is 2. The van der Waals surface area contributed by atoms with Gasteiger partial charge in [0.05, 0.1) is 18.2 Å². The summed E-state index contributed by atoms with van der Waals surface area (Å²) in [6, 6.07) is 6.96. The molecule has 0 spiro atoms. The van der Waals surface area contributed by atoms with Gasteiger partial charge in [-0.15, -0.1) is 0 Å². The van der Waals surface area contributed by atoms with E-state index >= 15 is 0 Å². The zero-order chi connectivity index (χ0) is 14.9. The normalized spacial score (nSPS) is 10.4. The number of hydrogen-bond acceptors (Lipinski definition) is 2. The summed E-state index contributed by atoms with van der Waals surface area (Å²) in [6.07, 6.45) is 0. The van der Waals surface area contributed by atoms with Gasteiger partial charge in [-0.25, -0.2) is 8.78 Å². The molecule has 0 radical (unpaired) electrons. The van der Waals surface area contributed by atoms with E-state index in [1.807, 2.05) is 22.6 Å². The van der Waals surface area contributed by atoms with Crippen molar-refractivity contribution in [1.29, 1.82) is 0 Å². The predicted molar refractivity (Wildman–Crippen MR) is 83.2 cm³/mol. The second-order valence-corrected chi connectivity index (χ2v) is 6.08. The highest BCUT2D eigenvalue weighted by Crippen LogP contribution is 2.27. The summed E-state index contributed by atoms with van der Waals surface area (Å²) in [5.41, 5.74) is -0.465. The van der Waals surface area contributed by atoms with E-state index in [4.69, 9.17) is 4.74 Å². The number of carbonyl (C=O) groups excluding carboxylic acids is 1. The Morgan fingerprint density at radius 2 is 1.80 bits per heavy atom. The fourth-order valence-electron chi connectivity index (χ4n) is 1.75. The van der Waals surface area contributed by atoms with Crippen LogP contribution in [0.3, 0.4) is 0 Å². The molecular formula is C14H8BrF2IO2. The summed E-state index contributed by atoms with van der Waals surface area (Å²) < 4.78 is 33.8. The fraction of sp³-hybridized carbons (Fsp3) is 0.0714. The summed E-state index contributed by atoms with van der Waals surface area (Å²) in [4.78, 5) is 12.4. The number of carbonyl (C=O) groups is 1. The van der Waals surface area contributed by atoms with Crippen LogP contribution >= 0.6 is 38.5 Å². The molecule has 2 aromatic rings. The van der Waals surface area contributed by atoms with Crippen molar-refractivity contribution in [3.05, 3.63) is 61.1 Å². The Morgan fingerprint density at radius 3 is 2.35 bits per heavy atom. The molecule has 0 aliphatic rings. The quantitative estimate of drug-likeness (QED) is 0.503. The van der Waals surface area contributed by atoms with Crippen molar-refractivity contribution in [3.8, 4) is 5.75 Å². The summed E-state index contributed by atoms with van der Waals surface area (Å²) in [5.74, 6) is -2.30. The standard InChI is InChI=1S/C14H8BrF2IO2/c1-20-12-3-2-8(18)6-9(12)14(19)13-10(16)4-7(15)5-11(13)17/h2-6H,1H3. The SMILES string of the molecule is COc1ccc(I)cc1C(=O)c1c(F)cc(Br)cc1F. The molecule has 0 bridgehead atoms. The highest BCUT2D eigenvalue weighted by molar-refractivity contribution is 14.1. The molecule has 6 heteroatoms. The molecule has 2 rings (SSSR count). The van der Waals surface area contributed by atoms with Crippen LogP contribution in [0.15, 0.2) is 34.8 Å². The maximum atomic E-state index is 13.9. The maximum absolute atomic E-state index is 13.9. The minimum absolute atomic E-state index is 0.125. The molecular weight excluding hydrogens is 445 g/mol. The molecule has 0 heterocycles. The first-order valence-electron chi connectivity index (χ1n) is 5.47. The van der Waals surface area contributed by atoms with Gasteiger partial charge in [0.2, 0.25) is 5.78 Å². The van der Waals surface area contributed by atoms with Gasteiger partial charge in [-0.3, -0.25) is 4.79 Å². The Labute approximate surface area is 136 Å². The lowest BCUT2D eigenvalue weighted by atomic mass is 10.0. The molecule has 0 atom stereocenters. The highest BCUT2D eigenvalue weighted by atomic mass is 127. The molecule has 104 valence electrons. The molecule has 20 heavy (non-hydrogen) atoms. The number of halogens is 4. The van der Waals surface area contributed by atoms with E-state index in [2.05, 4.69) is 15.9 Å². The van der Waals surface area contributed by atoms with Gasteiger partial charge >= 0.3 is 0 Å². The van der Waals surface area contributed by atoms with Crippen molar-refractivity contribution >= 4 is 44.3 Å². The lowest BCUT2D eigenvalue weighted by Gasteiger charge is -2.10. The lowest BCUT2D eigenvalue weighted by molar-refractivity contribution is 0.102. The zero-order valence-electron chi connectivity index (χ0n) is 10.2. The van der Waals surface area contributed by atoms with Crippen molar-refractivity contribution in [2.75, 3.05) is 7.11 Å². The lowest BCUT2D eigenvalue weighted by Crippen LogP contribution is -2.09. The van der Waals surface area contributed by atoms with Gasteiger partial charge in [0, 0.05) is 8.04 Å². The van der Waals surface area contributed by atoms with E-state index in [9.17, 15) is 13.6 Å². The van der Waals surface area contributed by atoms with Crippen molar-refractivity contribution < 1.29 is 18.3 Å². The van der Waals surface area contributed by atoms with Crippen LogP contribution in [-0.4, -0.2) is 12.9 Å². The van der Waals surface area contributed by atoms with Crippen LogP contribution in [0.1, 0.15) is 15.9 Å². The van der Waals surface area contributed by atoms with E-state index < -0.39 is 23.0 Å². The molecule has 0 aromatic heterocycles. The minimum atomic E-state index is -0.914. The fourth-order valence-corrected chi connectivity index (χ4v) is 2.64. The Bertz CT molecular complexity index is 666. The Kier molecular flexibility index (Phi) is 4.74. The summed E-state index contributed by atoms with van der Waals surface area (Å²) in [6.45, 7) is 0. The van der Waals surface area contributed by atoms with Crippen molar-refractivity contribution in [1.82, 2.24) is 0 Å². The molecule has 0 unspecified atom stereocenters.